The molecule has 1 heterocycles. The van der Waals surface area contributed by atoms with Crippen LogP contribution in [0.25, 0.3) is 0 Å². The quantitative estimate of drug-likeness (QED) is 0.875. The van der Waals surface area contributed by atoms with Crippen molar-refractivity contribution in [1.82, 2.24) is 4.90 Å². The summed E-state index contributed by atoms with van der Waals surface area (Å²) in [5.41, 5.74) is -0.305. The molecular weight excluding hydrogens is 254 g/mol. The highest BCUT2D eigenvalue weighted by Crippen LogP contribution is 2.23. The van der Waals surface area contributed by atoms with Gasteiger partial charge in [-0.2, -0.15) is 0 Å². The zero-order valence-corrected chi connectivity index (χ0v) is 10.9. The van der Waals surface area contributed by atoms with Crippen LogP contribution in [-0.4, -0.2) is 39.8 Å². The number of aliphatic hydroxyl groups is 1. The molecule has 1 aliphatic heterocycles. The zero-order valence-electron chi connectivity index (χ0n) is 10.1. The van der Waals surface area contributed by atoms with Gasteiger partial charge in [0.15, 0.2) is 5.60 Å². The standard InChI is InChI=1S/C13H17NO3.ClH/c15-12(16)13(17)6-8-14(9-7-13)10-11-4-2-1-3-5-11;/h1-5,17H,6-10H2,(H,15,16);1H. The third kappa shape index (κ3) is 3.45. The van der Waals surface area contributed by atoms with Gasteiger partial charge in [-0.1, -0.05) is 30.3 Å². The summed E-state index contributed by atoms with van der Waals surface area (Å²) in [6.07, 6.45) is 0.602. The number of hydrogen-bond donors (Lipinski definition) is 2. The van der Waals surface area contributed by atoms with Crippen LogP contribution in [0.2, 0.25) is 0 Å². The first-order valence-corrected chi connectivity index (χ1v) is 5.82. The minimum atomic E-state index is -1.52. The molecular formula is C13H18ClNO3. The van der Waals surface area contributed by atoms with Crippen LogP contribution in [0.5, 0.6) is 0 Å². The molecule has 0 bridgehead atoms. The summed E-state index contributed by atoms with van der Waals surface area (Å²) in [6, 6.07) is 10.1. The van der Waals surface area contributed by atoms with Crippen molar-refractivity contribution < 1.29 is 15.0 Å². The molecule has 0 radical (unpaired) electrons. The van der Waals surface area contributed by atoms with Gasteiger partial charge >= 0.3 is 5.97 Å². The molecule has 1 aromatic carbocycles. The number of piperidine rings is 1. The zero-order chi connectivity index (χ0) is 12.3. The van der Waals surface area contributed by atoms with Crippen LogP contribution < -0.4 is 0 Å². The number of carboxylic acid groups (broad SMARTS) is 1. The molecule has 0 unspecified atom stereocenters. The topological polar surface area (TPSA) is 60.8 Å². The van der Waals surface area contributed by atoms with E-state index in [9.17, 15) is 9.90 Å². The van der Waals surface area contributed by atoms with Crippen molar-refractivity contribution in [2.45, 2.75) is 25.0 Å². The third-order valence-corrected chi connectivity index (χ3v) is 3.33. The molecule has 1 aliphatic rings. The van der Waals surface area contributed by atoms with Crippen LogP contribution in [0, 0.1) is 0 Å². The van der Waals surface area contributed by atoms with E-state index in [0.29, 0.717) is 25.9 Å². The Labute approximate surface area is 113 Å². The van der Waals surface area contributed by atoms with Crippen LogP contribution in [0.15, 0.2) is 30.3 Å². The van der Waals surface area contributed by atoms with Crippen LogP contribution in [-0.2, 0) is 11.3 Å². The van der Waals surface area contributed by atoms with Gasteiger partial charge in [0.1, 0.15) is 0 Å². The van der Waals surface area contributed by atoms with Crippen LogP contribution in [0.3, 0.4) is 0 Å². The lowest BCUT2D eigenvalue weighted by atomic mass is 9.91. The number of nitrogens with zero attached hydrogens (tertiary/aromatic N) is 1. The molecule has 2 N–H and O–H groups in total. The normalized spacial score (nSPS) is 18.9. The second-order valence-electron chi connectivity index (χ2n) is 4.60. The van der Waals surface area contributed by atoms with Crippen molar-refractivity contribution >= 4 is 18.4 Å². The lowest BCUT2D eigenvalue weighted by molar-refractivity contribution is -0.163. The van der Waals surface area contributed by atoms with E-state index in [1.165, 1.54) is 5.56 Å². The lowest BCUT2D eigenvalue weighted by Crippen LogP contribution is -2.49. The first kappa shape index (κ1) is 15.0. The summed E-state index contributed by atoms with van der Waals surface area (Å²) in [6.45, 7) is 2.06. The number of hydrogen-bond acceptors (Lipinski definition) is 3. The van der Waals surface area contributed by atoms with Gasteiger partial charge in [0.2, 0.25) is 0 Å². The van der Waals surface area contributed by atoms with Crippen LogP contribution in [0.1, 0.15) is 18.4 Å². The number of rotatable bonds is 3. The van der Waals surface area contributed by atoms with Crippen molar-refractivity contribution in [1.29, 1.82) is 0 Å². The van der Waals surface area contributed by atoms with E-state index >= 15 is 0 Å². The maximum absolute atomic E-state index is 10.9. The van der Waals surface area contributed by atoms with Crippen LogP contribution in [0.4, 0.5) is 0 Å². The Morgan fingerprint density at radius 1 is 1.22 bits per heavy atom. The summed E-state index contributed by atoms with van der Waals surface area (Å²) in [4.78, 5) is 13.0. The third-order valence-electron chi connectivity index (χ3n) is 3.33. The predicted molar refractivity (Wildman–Crippen MR) is 70.8 cm³/mol. The Kier molecular flexibility index (Phi) is 5.14. The minimum absolute atomic E-state index is 0. The second kappa shape index (κ2) is 6.18. The maximum atomic E-state index is 10.9. The van der Waals surface area contributed by atoms with Gasteiger partial charge in [-0.05, 0) is 18.4 Å². The predicted octanol–water partition coefficient (Wildman–Crippen LogP) is 1.52. The first-order chi connectivity index (χ1) is 8.10. The number of carboxylic acids is 1. The fourth-order valence-corrected chi connectivity index (χ4v) is 2.14. The van der Waals surface area contributed by atoms with Crippen molar-refractivity contribution in [3.63, 3.8) is 0 Å². The molecule has 0 saturated carbocycles. The summed E-state index contributed by atoms with van der Waals surface area (Å²) in [7, 11) is 0. The van der Waals surface area contributed by atoms with E-state index in [0.717, 1.165) is 6.54 Å². The summed E-state index contributed by atoms with van der Waals surface area (Å²) >= 11 is 0. The smallest absolute Gasteiger partial charge is 0.335 e. The Bertz CT molecular complexity index is 388. The second-order valence-corrected chi connectivity index (χ2v) is 4.60. The van der Waals surface area contributed by atoms with Gasteiger partial charge in [-0.3, -0.25) is 4.90 Å². The molecule has 1 aromatic rings. The Balaban J connectivity index is 0.00000162. The number of halogens is 1. The van der Waals surface area contributed by atoms with Crippen molar-refractivity contribution in [2.24, 2.45) is 0 Å². The molecule has 2 rings (SSSR count). The number of carbonyl (C=O) groups is 1. The number of benzene rings is 1. The molecule has 0 spiro atoms. The van der Waals surface area contributed by atoms with E-state index in [2.05, 4.69) is 17.0 Å². The number of likely N-dealkylation sites (tertiary alicyclic amines) is 1. The Morgan fingerprint density at radius 2 is 1.78 bits per heavy atom. The van der Waals surface area contributed by atoms with Crippen molar-refractivity contribution in [3.8, 4) is 0 Å². The molecule has 0 aliphatic carbocycles. The van der Waals surface area contributed by atoms with E-state index < -0.39 is 11.6 Å². The maximum Gasteiger partial charge on any atom is 0.335 e. The van der Waals surface area contributed by atoms with Gasteiger partial charge in [0, 0.05) is 19.6 Å². The minimum Gasteiger partial charge on any atom is -0.479 e. The molecule has 0 amide bonds. The average molecular weight is 272 g/mol. The van der Waals surface area contributed by atoms with Crippen molar-refractivity contribution in [3.05, 3.63) is 35.9 Å². The average Bonchev–Trinajstić information content (AvgIpc) is 2.33. The molecule has 1 saturated heterocycles. The van der Waals surface area contributed by atoms with Gasteiger partial charge in [0.05, 0.1) is 0 Å². The van der Waals surface area contributed by atoms with E-state index in [1.807, 2.05) is 18.2 Å². The monoisotopic (exact) mass is 271 g/mol. The highest BCUT2D eigenvalue weighted by molar-refractivity contribution is 5.85. The fourth-order valence-electron chi connectivity index (χ4n) is 2.14. The number of aliphatic carboxylic acids is 1. The highest BCUT2D eigenvalue weighted by atomic mass is 35.5. The summed E-state index contributed by atoms with van der Waals surface area (Å²) in [5, 5.41) is 18.7. The van der Waals surface area contributed by atoms with Gasteiger partial charge < -0.3 is 10.2 Å². The highest BCUT2D eigenvalue weighted by Gasteiger charge is 2.39. The SMILES string of the molecule is Cl.O=C(O)C1(O)CCN(Cc2ccccc2)CC1. The van der Waals surface area contributed by atoms with E-state index in [-0.39, 0.29) is 12.4 Å². The Hall–Kier alpha value is -1.10. The fraction of sp³-hybridized carbons (Fsp3) is 0.462. The largest absolute Gasteiger partial charge is 0.479 e. The van der Waals surface area contributed by atoms with E-state index in [4.69, 9.17) is 5.11 Å². The van der Waals surface area contributed by atoms with Gasteiger partial charge in [-0.15, -0.1) is 12.4 Å². The molecule has 18 heavy (non-hydrogen) atoms. The lowest BCUT2D eigenvalue weighted by Gasteiger charge is -2.35. The first-order valence-electron chi connectivity index (χ1n) is 5.82. The molecule has 5 heteroatoms. The molecule has 4 nitrogen and oxygen atoms in total. The van der Waals surface area contributed by atoms with Gasteiger partial charge in [-0.25, -0.2) is 4.79 Å². The van der Waals surface area contributed by atoms with Gasteiger partial charge in [0.25, 0.3) is 0 Å². The van der Waals surface area contributed by atoms with Crippen molar-refractivity contribution in [2.75, 3.05) is 13.1 Å². The molecule has 0 atom stereocenters. The summed E-state index contributed by atoms with van der Waals surface area (Å²) in [5.74, 6) is -1.10. The van der Waals surface area contributed by atoms with Crippen LogP contribution >= 0.6 is 12.4 Å². The molecule has 100 valence electrons. The molecule has 0 aromatic heterocycles. The van der Waals surface area contributed by atoms with E-state index in [1.54, 1.807) is 0 Å². The summed E-state index contributed by atoms with van der Waals surface area (Å²) < 4.78 is 0. The molecule has 1 fully saturated rings. The Morgan fingerprint density at radius 3 is 2.28 bits per heavy atom.